The van der Waals surface area contributed by atoms with Gasteiger partial charge in [0.05, 0.1) is 5.56 Å². The molecule has 5 heteroatoms. The Labute approximate surface area is 104 Å². The zero-order valence-corrected chi connectivity index (χ0v) is 10.3. The fraction of sp³-hybridized carbons (Fsp3) is 0.364. The normalized spacial score (nSPS) is 12.2. The number of phenolic OH excluding ortho intramolecular Hbond substituents is 1. The lowest BCUT2D eigenvalue weighted by Gasteiger charge is -2.07. The van der Waals surface area contributed by atoms with E-state index in [-0.39, 0.29) is 22.6 Å². The molecule has 0 saturated heterocycles. The Hall–Kier alpha value is -0.930. The van der Waals surface area contributed by atoms with E-state index < -0.39 is 0 Å². The van der Waals surface area contributed by atoms with Crippen molar-refractivity contribution >= 4 is 29.1 Å². The zero-order chi connectivity index (χ0) is 12.1. The van der Waals surface area contributed by atoms with Gasteiger partial charge in [0.2, 0.25) is 0 Å². The summed E-state index contributed by atoms with van der Waals surface area (Å²) in [5.41, 5.74) is 0.176. The molecule has 16 heavy (non-hydrogen) atoms. The quantitative estimate of drug-likeness (QED) is 0.820. The molecular weight excluding hydrogens is 249 g/mol. The van der Waals surface area contributed by atoms with Crippen LogP contribution in [0, 0.1) is 0 Å². The van der Waals surface area contributed by atoms with Crippen LogP contribution in [0.2, 0.25) is 5.02 Å². The van der Waals surface area contributed by atoms with Gasteiger partial charge in [-0.25, -0.2) is 0 Å². The molecule has 1 aromatic rings. The van der Waals surface area contributed by atoms with Gasteiger partial charge in [-0.1, -0.05) is 11.6 Å². The van der Waals surface area contributed by atoms with Crippen LogP contribution in [0.15, 0.2) is 18.2 Å². The summed E-state index contributed by atoms with van der Waals surface area (Å²) >= 11 is 11.5. The van der Waals surface area contributed by atoms with E-state index in [9.17, 15) is 9.90 Å². The Bertz CT molecular complexity index is 380. The van der Waals surface area contributed by atoms with Crippen molar-refractivity contribution in [2.45, 2.75) is 18.7 Å². The van der Waals surface area contributed by atoms with E-state index in [0.717, 1.165) is 0 Å². The van der Waals surface area contributed by atoms with Crippen molar-refractivity contribution in [2.24, 2.45) is 0 Å². The van der Waals surface area contributed by atoms with Crippen LogP contribution < -0.4 is 5.32 Å². The fourth-order valence-corrected chi connectivity index (χ4v) is 1.45. The van der Waals surface area contributed by atoms with Gasteiger partial charge >= 0.3 is 0 Å². The van der Waals surface area contributed by atoms with Crippen molar-refractivity contribution in [3.8, 4) is 5.75 Å². The maximum absolute atomic E-state index is 11.6. The molecule has 2 N–H and O–H groups in total. The Kier molecular flexibility index (Phi) is 4.90. The van der Waals surface area contributed by atoms with E-state index in [4.69, 9.17) is 23.2 Å². The molecular formula is C11H13Cl2NO2. The molecule has 0 aliphatic rings. The molecule has 0 saturated carbocycles. The van der Waals surface area contributed by atoms with E-state index in [2.05, 4.69) is 5.32 Å². The summed E-state index contributed by atoms with van der Waals surface area (Å²) in [5, 5.41) is 12.5. The maximum Gasteiger partial charge on any atom is 0.255 e. The highest BCUT2D eigenvalue weighted by atomic mass is 35.5. The van der Waals surface area contributed by atoms with Crippen LogP contribution in [0.4, 0.5) is 0 Å². The largest absolute Gasteiger partial charge is 0.507 e. The van der Waals surface area contributed by atoms with Gasteiger partial charge in [0, 0.05) is 16.9 Å². The number of rotatable bonds is 4. The van der Waals surface area contributed by atoms with Crippen molar-refractivity contribution in [3.63, 3.8) is 0 Å². The highest BCUT2D eigenvalue weighted by Crippen LogP contribution is 2.21. The Morgan fingerprint density at radius 1 is 1.56 bits per heavy atom. The van der Waals surface area contributed by atoms with Crippen molar-refractivity contribution in [1.29, 1.82) is 0 Å². The van der Waals surface area contributed by atoms with Gasteiger partial charge in [0.15, 0.2) is 0 Å². The maximum atomic E-state index is 11.6. The lowest BCUT2D eigenvalue weighted by Crippen LogP contribution is -2.25. The second-order valence-electron chi connectivity index (χ2n) is 3.49. The van der Waals surface area contributed by atoms with Gasteiger partial charge in [0.25, 0.3) is 5.91 Å². The first kappa shape index (κ1) is 13.1. The topological polar surface area (TPSA) is 49.3 Å². The number of hydrogen-bond acceptors (Lipinski definition) is 2. The molecule has 1 unspecified atom stereocenters. The Balaban J connectivity index is 2.62. The van der Waals surface area contributed by atoms with E-state index in [0.29, 0.717) is 18.0 Å². The van der Waals surface area contributed by atoms with Gasteiger partial charge < -0.3 is 10.4 Å². The smallest absolute Gasteiger partial charge is 0.255 e. The standard InChI is InChI=1S/C11H13Cl2NO2/c1-7(12)4-5-14-11(16)9-6-8(13)2-3-10(9)15/h2-3,6-7,15H,4-5H2,1H3,(H,14,16). The third-order valence-corrected chi connectivity index (χ3v) is 2.48. The number of carbonyl (C=O) groups excluding carboxylic acids is 1. The summed E-state index contributed by atoms with van der Waals surface area (Å²) in [6, 6.07) is 4.34. The summed E-state index contributed by atoms with van der Waals surface area (Å²) < 4.78 is 0. The van der Waals surface area contributed by atoms with Crippen molar-refractivity contribution in [3.05, 3.63) is 28.8 Å². The highest BCUT2D eigenvalue weighted by molar-refractivity contribution is 6.31. The van der Waals surface area contributed by atoms with E-state index in [1.165, 1.54) is 18.2 Å². The molecule has 1 amide bonds. The molecule has 3 nitrogen and oxygen atoms in total. The summed E-state index contributed by atoms with van der Waals surface area (Å²) in [7, 11) is 0. The third-order valence-electron chi connectivity index (χ3n) is 2.03. The first-order chi connectivity index (χ1) is 7.50. The van der Waals surface area contributed by atoms with Crippen LogP contribution in [-0.4, -0.2) is 22.9 Å². The van der Waals surface area contributed by atoms with Crippen LogP contribution >= 0.6 is 23.2 Å². The molecule has 1 rings (SSSR count). The molecule has 0 spiro atoms. The number of halogens is 2. The molecule has 0 radical (unpaired) electrons. The Morgan fingerprint density at radius 2 is 2.25 bits per heavy atom. The van der Waals surface area contributed by atoms with Crippen LogP contribution in [-0.2, 0) is 0 Å². The average Bonchev–Trinajstić information content (AvgIpc) is 2.21. The minimum absolute atomic E-state index is 0.00765. The second-order valence-corrected chi connectivity index (χ2v) is 4.67. The molecule has 0 fully saturated rings. The summed E-state index contributed by atoms with van der Waals surface area (Å²) in [6.07, 6.45) is 0.675. The summed E-state index contributed by atoms with van der Waals surface area (Å²) in [5.74, 6) is -0.432. The lowest BCUT2D eigenvalue weighted by atomic mass is 10.2. The number of alkyl halides is 1. The monoisotopic (exact) mass is 261 g/mol. The van der Waals surface area contributed by atoms with Gasteiger partial charge in [-0.3, -0.25) is 4.79 Å². The summed E-state index contributed by atoms with van der Waals surface area (Å²) in [4.78, 5) is 11.6. The van der Waals surface area contributed by atoms with Crippen molar-refractivity contribution in [1.82, 2.24) is 5.32 Å². The molecule has 0 aliphatic carbocycles. The fourth-order valence-electron chi connectivity index (χ4n) is 1.17. The van der Waals surface area contributed by atoms with Crippen LogP contribution in [0.1, 0.15) is 23.7 Å². The Morgan fingerprint density at radius 3 is 2.88 bits per heavy atom. The minimum atomic E-state index is -0.350. The first-order valence-electron chi connectivity index (χ1n) is 4.91. The summed E-state index contributed by atoms with van der Waals surface area (Å²) in [6.45, 7) is 2.32. The van der Waals surface area contributed by atoms with Gasteiger partial charge in [-0.15, -0.1) is 11.6 Å². The molecule has 1 aromatic carbocycles. The number of nitrogens with one attached hydrogen (secondary N) is 1. The van der Waals surface area contributed by atoms with Gasteiger partial charge in [-0.05, 0) is 31.5 Å². The number of aromatic hydroxyl groups is 1. The molecule has 88 valence electrons. The van der Waals surface area contributed by atoms with E-state index >= 15 is 0 Å². The molecule has 0 heterocycles. The second kappa shape index (κ2) is 5.97. The number of amides is 1. The molecule has 1 atom stereocenters. The highest BCUT2D eigenvalue weighted by Gasteiger charge is 2.11. The van der Waals surface area contributed by atoms with Crippen LogP contribution in [0.25, 0.3) is 0 Å². The van der Waals surface area contributed by atoms with Gasteiger partial charge in [-0.2, -0.15) is 0 Å². The van der Waals surface area contributed by atoms with Gasteiger partial charge in [0.1, 0.15) is 5.75 Å². The van der Waals surface area contributed by atoms with Crippen LogP contribution in [0.5, 0.6) is 5.75 Å². The van der Waals surface area contributed by atoms with E-state index in [1.807, 2.05) is 6.92 Å². The van der Waals surface area contributed by atoms with Crippen molar-refractivity contribution in [2.75, 3.05) is 6.54 Å². The average molecular weight is 262 g/mol. The third kappa shape index (κ3) is 3.91. The minimum Gasteiger partial charge on any atom is -0.507 e. The van der Waals surface area contributed by atoms with E-state index in [1.54, 1.807) is 0 Å². The number of carbonyl (C=O) groups is 1. The predicted octanol–water partition coefficient (Wildman–Crippen LogP) is 2.79. The lowest BCUT2D eigenvalue weighted by molar-refractivity contribution is 0.0950. The number of phenols is 1. The first-order valence-corrected chi connectivity index (χ1v) is 5.73. The number of hydrogen-bond donors (Lipinski definition) is 2. The predicted molar refractivity (Wildman–Crippen MR) is 65.4 cm³/mol. The molecule has 0 aliphatic heterocycles. The zero-order valence-electron chi connectivity index (χ0n) is 8.84. The van der Waals surface area contributed by atoms with Crippen molar-refractivity contribution < 1.29 is 9.90 Å². The van der Waals surface area contributed by atoms with Crippen LogP contribution in [0.3, 0.4) is 0 Å². The number of benzene rings is 1. The molecule has 0 aromatic heterocycles. The molecule has 0 bridgehead atoms. The SMILES string of the molecule is CC(Cl)CCNC(=O)c1cc(Cl)ccc1O.